The summed E-state index contributed by atoms with van der Waals surface area (Å²) in [5.74, 6) is -0.497. The SMILES string of the molecule is CO[Si](CCCCCC/C=C/CCCN(CCSC1OC(COCc2ccccc2)C(OC2OC(COCc3ccccc3)C3OC(C)(C)OC3C2OCc2ccccc2)C(OCc2ccccc2)C1N=[N+]=[N-])C(C)=O)(OC)O[Si]C(C)C. The Labute approximate surface area is 500 Å². The third kappa shape index (κ3) is 21.6. The first kappa shape index (κ1) is 66.2. The molecule has 4 aromatic carbocycles. The van der Waals surface area contributed by atoms with Crippen molar-refractivity contribution >= 4 is 36.2 Å². The average Bonchev–Trinajstić information content (AvgIpc) is 3.71. The topological polar surface area (TPSA) is 180 Å². The molecule has 0 spiro atoms. The molecule has 7 rings (SSSR count). The number of azide groups is 1. The molecule has 0 aliphatic carbocycles. The molecule has 17 nitrogen and oxygen atoms in total. The van der Waals surface area contributed by atoms with Crippen LogP contribution in [0, 0.1) is 0 Å². The van der Waals surface area contributed by atoms with Crippen molar-refractivity contribution in [3.63, 3.8) is 0 Å². The zero-order chi connectivity index (χ0) is 58.7. The van der Waals surface area contributed by atoms with Crippen LogP contribution in [0.2, 0.25) is 11.6 Å². The van der Waals surface area contributed by atoms with Gasteiger partial charge in [-0.1, -0.05) is 165 Å². The third-order valence-electron chi connectivity index (χ3n) is 14.6. The molecular weight excluding hydrogens is 1110 g/mol. The van der Waals surface area contributed by atoms with E-state index in [2.05, 4.69) is 36.0 Å². The van der Waals surface area contributed by atoms with Crippen molar-refractivity contribution in [1.82, 2.24) is 4.90 Å². The first-order valence-electron chi connectivity index (χ1n) is 29.4. The predicted molar refractivity (Wildman–Crippen MR) is 324 cm³/mol. The quantitative estimate of drug-likeness (QED) is 0.0104. The number of nitrogens with zero attached hydrogens (tertiary/aromatic N) is 4. The van der Waals surface area contributed by atoms with Crippen molar-refractivity contribution < 1.29 is 60.4 Å². The van der Waals surface area contributed by atoms with E-state index >= 15 is 0 Å². The summed E-state index contributed by atoms with van der Waals surface area (Å²) in [6, 6.07) is 39.5. The summed E-state index contributed by atoms with van der Waals surface area (Å²) < 4.78 is 79.0. The normalized spacial score (nSPS) is 24.2. The van der Waals surface area contributed by atoms with E-state index in [1.54, 1.807) is 21.1 Å². The summed E-state index contributed by atoms with van der Waals surface area (Å²) in [6.45, 7) is 12.0. The highest BCUT2D eigenvalue weighted by atomic mass is 32.2. The number of thioether (sulfide) groups is 1. The van der Waals surface area contributed by atoms with Gasteiger partial charge in [-0.05, 0) is 79.3 Å². The highest BCUT2D eigenvalue weighted by Crippen LogP contribution is 2.42. The van der Waals surface area contributed by atoms with E-state index in [4.69, 9.17) is 55.6 Å². The minimum Gasteiger partial charge on any atom is -0.415 e. The minimum absolute atomic E-state index is 0.0119. The summed E-state index contributed by atoms with van der Waals surface area (Å²) in [5.41, 5.74) is 13.9. The molecule has 0 aromatic heterocycles. The van der Waals surface area contributed by atoms with E-state index in [9.17, 15) is 10.3 Å². The van der Waals surface area contributed by atoms with E-state index in [0.29, 0.717) is 47.4 Å². The maximum Gasteiger partial charge on any atom is 0.489 e. The monoisotopic (exact) mass is 1200 g/mol. The smallest absolute Gasteiger partial charge is 0.415 e. The highest BCUT2D eigenvalue weighted by molar-refractivity contribution is 7.99. The van der Waals surface area contributed by atoms with E-state index < -0.39 is 75.1 Å². The van der Waals surface area contributed by atoms with Gasteiger partial charge in [0.25, 0.3) is 0 Å². The van der Waals surface area contributed by atoms with Gasteiger partial charge in [-0.2, -0.15) is 0 Å². The molecule has 2 radical (unpaired) electrons. The molecule has 3 heterocycles. The van der Waals surface area contributed by atoms with E-state index in [1.807, 2.05) is 140 Å². The number of hydrogen-bond donors (Lipinski definition) is 0. The van der Waals surface area contributed by atoms with E-state index in [1.165, 1.54) is 11.8 Å². The summed E-state index contributed by atoms with van der Waals surface area (Å²) >= 11 is 1.48. The Hall–Kier alpha value is -4.30. The molecule has 10 unspecified atom stereocenters. The molecule has 0 saturated carbocycles. The predicted octanol–water partition coefficient (Wildman–Crippen LogP) is 12.2. The lowest BCUT2D eigenvalue weighted by molar-refractivity contribution is -0.333. The van der Waals surface area contributed by atoms with Crippen LogP contribution in [0.1, 0.15) is 102 Å². The molecule has 83 heavy (non-hydrogen) atoms. The Kier molecular flexibility index (Phi) is 28.2. The first-order chi connectivity index (χ1) is 40.4. The fourth-order valence-electron chi connectivity index (χ4n) is 10.3. The van der Waals surface area contributed by atoms with Gasteiger partial charge in [0.2, 0.25) is 15.7 Å². The lowest BCUT2D eigenvalue weighted by Gasteiger charge is -2.48. The van der Waals surface area contributed by atoms with Crippen LogP contribution in [0.15, 0.2) is 139 Å². The number of carbonyl (C=O) groups excluding carboxylic acids is 1. The van der Waals surface area contributed by atoms with Gasteiger partial charge in [0.15, 0.2) is 12.1 Å². The van der Waals surface area contributed by atoms with Crippen LogP contribution < -0.4 is 0 Å². The second-order valence-corrected chi connectivity index (χ2v) is 28.0. The summed E-state index contributed by atoms with van der Waals surface area (Å²) in [6.07, 6.45) is 5.14. The van der Waals surface area contributed by atoms with Crippen molar-refractivity contribution in [3.8, 4) is 0 Å². The lowest BCUT2D eigenvalue weighted by Crippen LogP contribution is -2.64. The maximum atomic E-state index is 13.1. The summed E-state index contributed by atoms with van der Waals surface area (Å²) in [4.78, 5) is 18.4. The first-order valence-corrected chi connectivity index (χ1v) is 33.3. The van der Waals surface area contributed by atoms with Crippen LogP contribution in [0.3, 0.4) is 0 Å². The number of allylic oxidation sites excluding steroid dienone is 2. The molecule has 3 fully saturated rings. The van der Waals surface area contributed by atoms with Crippen molar-refractivity contribution in [3.05, 3.63) is 166 Å². The number of benzene rings is 4. The van der Waals surface area contributed by atoms with Gasteiger partial charge in [-0.3, -0.25) is 4.79 Å². The molecule has 3 aliphatic heterocycles. The number of ether oxygens (including phenoxy) is 9. The van der Waals surface area contributed by atoms with Crippen molar-refractivity contribution in [2.45, 2.75) is 184 Å². The molecule has 1 amide bonds. The fourth-order valence-corrected chi connectivity index (χ4v) is 15.5. The zero-order valence-electron chi connectivity index (χ0n) is 49.6. The number of hydrogen-bond acceptors (Lipinski definition) is 15. The van der Waals surface area contributed by atoms with Crippen LogP contribution in [-0.2, 0) is 86.8 Å². The van der Waals surface area contributed by atoms with Crippen molar-refractivity contribution in [1.29, 1.82) is 0 Å². The lowest BCUT2D eigenvalue weighted by atomic mass is 9.96. The second kappa shape index (κ2) is 35.4. The van der Waals surface area contributed by atoms with E-state index in [0.717, 1.165) is 73.2 Å². The number of carbonyl (C=O) groups is 1. The van der Waals surface area contributed by atoms with Crippen LogP contribution in [0.25, 0.3) is 10.4 Å². The largest absolute Gasteiger partial charge is 0.489 e. The average molecular weight is 1200 g/mol. The molecule has 3 aliphatic rings. The van der Waals surface area contributed by atoms with Crippen molar-refractivity contribution in [2.75, 3.05) is 46.3 Å². The van der Waals surface area contributed by atoms with Gasteiger partial charge in [0, 0.05) is 50.9 Å². The molecule has 452 valence electrons. The van der Waals surface area contributed by atoms with Crippen LogP contribution >= 0.6 is 11.8 Å². The molecule has 20 heteroatoms. The van der Waals surface area contributed by atoms with Gasteiger partial charge in [-0.25, -0.2) is 0 Å². The third-order valence-corrected chi connectivity index (χ3v) is 20.1. The number of fused-ring (bicyclic) bond motifs is 1. The molecule has 3 saturated heterocycles. The Bertz CT molecular complexity index is 2520. The number of unbranched alkanes of at least 4 members (excludes halogenated alkanes) is 5. The molecule has 4 aromatic rings. The van der Waals surface area contributed by atoms with Crippen LogP contribution in [0.5, 0.6) is 0 Å². The number of rotatable bonds is 37. The van der Waals surface area contributed by atoms with Gasteiger partial charge >= 0.3 is 8.80 Å². The number of amides is 1. The van der Waals surface area contributed by atoms with Gasteiger partial charge < -0.3 is 60.5 Å². The van der Waals surface area contributed by atoms with Gasteiger partial charge in [0.05, 0.1) is 45.7 Å². The van der Waals surface area contributed by atoms with E-state index in [-0.39, 0.29) is 32.3 Å². The molecule has 10 atom stereocenters. The Balaban J connectivity index is 1.06. The molecule has 0 bridgehead atoms. The van der Waals surface area contributed by atoms with Crippen molar-refractivity contribution in [2.24, 2.45) is 5.11 Å². The molecular formula is C63H88N4O13SSi2. The minimum atomic E-state index is -2.60. The Morgan fingerprint density at radius 3 is 1.78 bits per heavy atom. The molecule has 0 N–H and O–H groups in total. The zero-order valence-corrected chi connectivity index (χ0v) is 52.4. The fraction of sp³-hybridized carbons (Fsp3) is 0.571. The maximum absolute atomic E-state index is 13.1. The van der Waals surface area contributed by atoms with Gasteiger partial charge in [-0.15, -0.1) is 11.8 Å². The highest BCUT2D eigenvalue weighted by Gasteiger charge is 2.58. The Morgan fingerprint density at radius 2 is 1.23 bits per heavy atom. The van der Waals surface area contributed by atoms with Crippen LogP contribution in [-0.4, -0.2) is 142 Å². The summed E-state index contributed by atoms with van der Waals surface area (Å²) in [5, 5.41) is 4.43. The standard InChI is InChI=1S/C63H88N4O13SSi2/c1-47(2)82-80-83(69-6,70-7)40-28-14-12-10-8-9-11-13-27-37-67(48(3)68)38-39-81-62-55(65-66-64)58(73-43-51-33-23-17-24-34-51)56(53(76-62)45-71-41-49-29-19-15-20-30-49)77-61-60(74-44-52-35-25-18-26-36-52)59-57(78-63(4,5)79-59)54(75-61)46-72-42-50-31-21-16-22-32-50/h9,11,15-26,29-36,47,53-62H,8,10,12-14,27-28,37-46H2,1-7H3/b11-9+. The Morgan fingerprint density at radius 1 is 0.699 bits per heavy atom. The van der Waals surface area contributed by atoms with Crippen LogP contribution in [0.4, 0.5) is 0 Å². The second-order valence-electron chi connectivity index (χ2n) is 21.9. The summed E-state index contributed by atoms with van der Waals surface area (Å²) in [7, 11) is 1.17. The van der Waals surface area contributed by atoms with Gasteiger partial charge in [0.1, 0.15) is 48.1 Å².